The van der Waals surface area contributed by atoms with Gasteiger partial charge in [0.2, 0.25) is 5.95 Å². The SMILES string of the molecule is CC1Cc2ccc(-c3ccc(C(=O)N4CCC4)nc3)cc2CN1c1cc(N2CCN(C)CC2)nc(N)n1. The zero-order valence-electron chi connectivity index (χ0n) is 21.6. The number of benzene rings is 1. The van der Waals surface area contributed by atoms with E-state index in [1.54, 1.807) is 0 Å². The monoisotopic (exact) mass is 498 g/mol. The lowest BCUT2D eigenvalue weighted by atomic mass is 9.92. The summed E-state index contributed by atoms with van der Waals surface area (Å²) in [6.45, 7) is 8.54. The lowest BCUT2D eigenvalue weighted by Crippen LogP contribution is -2.45. The Labute approximate surface area is 217 Å². The van der Waals surface area contributed by atoms with Crippen LogP contribution in [0.25, 0.3) is 11.1 Å². The highest BCUT2D eigenvalue weighted by Crippen LogP contribution is 2.32. The summed E-state index contributed by atoms with van der Waals surface area (Å²) in [5.41, 5.74) is 11.4. The standard InChI is InChI=1S/C28H34N8O/c1-19-14-20-4-5-21(22-6-7-24(30-17-22)27(37)35-8-3-9-35)15-23(20)18-36(19)26-16-25(31-28(29)32-26)34-12-10-33(2)11-13-34/h4-7,15-17,19H,3,8-14,18H2,1-2H3,(H2,29,31,32). The molecule has 0 bridgehead atoms. The average molecular weight is 499 g/mol. The first-order valence-corrected chi connectivity index (χ1v) is 13.2. The van der Waals surface area contributed by atoms with Crippen molar-refractivity contribution in [2.75, 3.05) is 61.8 Å². The molecule has 1 atom stereocenters. The molecule has 6 rings (SSSR count). The molecular formula is C28H34N8O. The Morgan fingerprint density at radius 1 is 0.919 bits per heavy atom. The fourth-order valence-corrected chi connectivity index (χ4v) is 5.38. The van der Waals surface area contributed by atoms with Crippen LogP contribution in [0, 0.1) is 0 Å². The van der Waals surface area contributed by atoms with Crippen LogP contribution in [0.2, 0.25) is 0 Å². The van der Waals surface area contributed by atoms with Crippen molar-refractivity contribution in [3.05, 3.63) is 59.4 Å². The van der Waals surface area contributed by atoms with Crippen LogP contribution in [0.4, 0.5) is 17.6 Å². The summed E-state index contributed by atoms with van der Waals surface area (Å²) in [4.78, 5) is 34.9. The molecule has 9 heteroatoms. The number of piperazine rings is 1. The average Bonchev–Trinajstić information content (AvgIpc) is 2.87. The molecule has 3 aromatic rings. The molecule has 9 nitrogen and oxygen atoms in total. The molecule has 192 valence electrons. The number of nitrogens with two attached hydrogens (primary N) is 1. The first-order chi connectivity index (χ1) is 17.9. The topological polar surface area (TPSA) is 94.7 Å². The Bertz CT molecular complexity index is 1300. The number of hydrogen-bond donors (Lipinski definition) is 1. The highest BCUT2D eigenvalue weighted by molar-refractivity contribution is 5.93. The van der Waals surface area contributed by atoms with Gasteiger partial charge in [0.15, 0.2) is 0 Å². The van der Waals surface area contributed by atoms with Gasteiger partial charge in [-0.1, -0.05) is 18.2 Å². The summed E-state index contributed by atoms with van der Waals surface area (Å²) < 4.78 is 0. The van der Waals surface area contributed by atoms with Crippen molar-refractivity contribution < 1.29 is 4.79 Å². The van der Waals surface area contributed by atoms with Crippen LogP contribution in [0.3, 0.4) is 0 Å². The molecule has 2 fully saturated rings. The fraction of sp³-hybridized carbons (Fsp3) is 0.429. The number of nitrogens with zero attached hydrogens (tertiary/aromatic N) is 7. The number of pyridine rings is 1. The van der Waals surface area contributed by atoms with Crippen LogP contribution in [0.1, 0.15) is 35.0 Å². The van der Waals surface area contributed by atoms with Crippen molar-refractivity contribution in [1.29, 1.82) is 0 Å². The summed E-state index contributed by atoms with van der Waals surface area (Å²) in [6.07, 6.45) is 3.82. The molecule has 0 spiro atoms. The molecule has 1 aromatic carbocycles. The zero-order chi connectivity index (χ0) is 25.5. The van der Waals surface area contributed by atoms with E-state index in [0.717, 1.165) is 81.4 Å². The maximum Gasteiger partial charge on any atom is 0.272 e. The number of likely N-dealkylation sites (tertiary alicyclic amines) is 1. The quantitative estimate of drug-likeness (QED) is 0.587. The van der Waals surface area contributed by atoms with Crippen molar-refractivity contribution in [2.45, 2.75) is 32.4 Å². The van der Waals surface area contributed by atoms with Gasteiger partial charge < -0.3 is 25.3 Å². The summed E-state index contributed by atoms with van der Waals surface area (Å²) in [7, 11) is 2.15. The van der Waals surface area contributed by atoms with E-state index in [1.165, 1.54) is 11.1 Å². The lowest BCUT2D eigenvalue weighted by Gasteiger charge is -2.37. The van der Waals surface area contributed by atoms with Gasteiger partial charge in [-0.05, 0) is 55.6 Å². The molecule has 0 aliphatic carbocycles. The van der Waals surface area contributed by atoms with E-state index in [2.05, 4.69) is 67.9 Å². The number of aromatic nitrogens is 3. The number of nitrogen functional groups attached to an aromatic ring is 1. The van der Waals surface area contributed by atoms with Gasteiger partial charge in [-0.2, -0.15) is 9.97 Å². The number of carbonyl (C=O) groups excluding carboxylic acids is 1. The molecule has 5 heterocycles. The Hall–Kier alpha value is -3.72. The van der Waals surface area contributed by atoms with Crippen LogP contribution < -0.4 is 15.5 Å². The molecule has 1 amide bonds. The van der Waals surface area contributed by atoms with E-state index in [-0.39, 0.29) is 5.91 Å². The molecule has 2 N–H and O–H groups in total. The molecule has 0 radical (unpaired) electrons. The van der Waals surface area contributed by atoms with Crippen molar-refractivity contribution in [2.24, 2.45) is 0 Å². The van der Waals surface area contributed by atoms with E-state index in [4.69, 9.17) is 5.73 Å². The van der Waals surface area contributed by atoms with Crippen LogP contribution in [-0.2, 0) is 13.0 Å². The minimum absolute atomic E-state index is 0.0212. The van der Waals surface area contributed by atoms with Crippen LogP contribution in [0.5, 0.6) is 0 Å². The highest BCUT2D eigenvalue weighted by Gasteiger charge is 2.27. The zero-order valence-corrected chi connectivity index (χ0v) is 21.6. The second-order valence-electron chi connectivity index (χ2n) is 10.5. The predicted octanol–water partition coefficient (Wildman–Crippen LogP) is 2.67. The second-order valence-corrected chi connectivity index (χ2v) is 10.5. The van der Waals surface area contributed by atoms with E-state index < -0.39 is 0 Å². The fourth-order valence-electron chi connectivity index (χ4n) is 5.38. The first-order valence-electron chi connectivity index (χ1n) is 13.2. The number of fused-ring (bicyclic) bond motifs is 1. The van der Waals surface area contributed by atoms with E-state index in [0.29, 0.717) is 17.7 Å². The molecule has 3 aliphatic heterocycles. The second kappa shape index (κ2) is 9.63. The Kier molecular flexibility index (Phi) is 6.16. The van der Waals surface area contributed by atoms with E-state index >= 15 is 0 Å². The normalized spacial score (nSPS) is 19.9. The van der Waals surface area contributed by atoms with E-state index in [9.17, 15) is 4.79 Å². The summed E-state index contributed by atoms with van der Waals surface area (Å²) >= 11 is 0. The van der Waals surface area contributed by atoms with Crippen LogP contribution >= 0.6 is 0 Å². The highest BCUT2D eigenvalue weighted by atomic mass is 16.2. The van der Waals surface area contributed by atoms with Gasteiger partial charge in [-0.25, -0.2) is 0 Å². The minimum Gasteiger partial charge on any atom is -0.368 e. The summed E-state index contributed by atoms with van der Waals surface area (Å²) in [5, 5.41) is 0. The van der Waals surface area contributed by atoms with Gasteiger partial charge in [-0.15, -0.1) is 0 Å². The molecule has 1 unspecified atom stereocenters. The molecule has 2 aromatic heterocycles. The summed E-state index contributed by atoms with van der Waals surface area (Å²) in [6, 6.07) is 12.8. The van der Waals surface area contributed by atoms with Gasteiger partial charge >= 0.3 is 0 Å². The van der Waals surface area contributed by atoms with Crippen molar-refractivity contribution >= 4 is 23.5 Å². The number of likely N-dealkylation sites (N-methyl/N-ethyl adjacent to an activating group) is 1. The molecule has 0 saturated carbocycles. The number of amides is 1. The van der Waals surface area contributed by atoms with Crippen molar-refractivity contribution in [3.63, 3.8) is 0 Å². The van der Waals surface area contributed by atoms with Crippen molar-refractivity contribution in [3.8, 4) is 11.1 Å². The third-order valence-corrected chi connectivity index (χ3v) is 7.89. The number of hydrogen-bond acceptors (Lipinski definition) is 8. The molecular weight excluding hydrogens is 464 g/mol. The molecule has 37 heavy (non-hydrogen) atoms. The largest absolute Gasteiger partial charge is 0.368 e. The van der Waals surface area contributed by atoms with E-state index in [1.807, 2.05) is 23.2 Å². The van der Waals surface area contributed by atoms with Crippen molar-refractivity contribution in [1.82, 2.24) is 24.8 Å². The molecule has 2 saturated heterocycles. The minimum atomic E-state index is 0.0212. The summed E-state index contributed by atoms with van der Waals surface area (Å²) in [5.74, 6) is 2.12. The van der Waals surface area contributed by atoms with Gasteiger partial charge in [-0.3, -0.25) is 9.78 Å². The Morgan fingerprint density at radius 2 is 1.68 bits per heavy atom. The van der Waals surface area contributed by atoms with Crippen LogP contribution in [0.15, 0.2) is 42.6 Å². The van der Waals surface area contributed by atoms with Gasteiger partial charge in [0, 0.05) is 69.7 Å². The maximum atomic E-state index is 12.5. The van der Waals surface area contributed by atoms with Gasteiger partial charge in [0.05, 0.1) is 0 Å². The van der Waals surface area contributed by atoms with Crippen LogP contribution in [-0.4, -0.2) is 83.0 Å². The first kappa shape index (κ1) is 23.7. The number of anilines is 3. The lowest BCUT2D eigenvalue weighted by molar-refractivity contribution is 0.0645. The van der Waals surface area contributed by atoms with Gasteiger partial charge in [0.25, 0.3) is 5.91 Å². The smallest absolute Gasteiger partial charge is 0.272 e. The number of rotatable bonds is 4. The Balaban J connectivity index is 1.23. The maximum absolute atomic E-state index is 12.5. The number of carbonyl (C=O) groups is 1. The third-order valence-electron chi connectivity index (χ3n) is 7.89. The third kappa shape index (κ3) is 4.71. The predicted molar refractivity (Wildman–Crippen MR) is 146 cm³/mol. The molecule has 3 aliphatic rings. The Morgan fingerprint density at radius 3 is 2.38 bits per heavy atom. The van der Waals surface area contributed by atoms with Gasteiger partial charge in [0.1, 0.15) is 17.3 Å².